The first-order valence-corrected chi connectivity index (χ1v) is 9.65. The van der Waals surface area contributed by atoms with E-state index < -0.39 is 0 Å². The predicted molar refractivity (Wildman–Crippen MR) is 108 cm³/mol. The van der Waals surface area contributed by atoms with Crippen molar-refractivity contribution in [2.75, 3.05) is 14.2 Å². The summed E-state index contributed by atoms with van der Waals surface area (Å²) in [4.78, 5) is 24.6. The van der Waals surface area contributed by atoms with Crippen molar-refractivity contribution in [1.29, 1.82) is 0 Å². The average molecular weight is 395 g/mol. The summed E-state index contributed by atoms with van der Waals surface area (Å²) in [6.07, 6.45) is 7.83. The van der Waals surface area contributed by atoms with Crippen LogP contribution in [0.4, 0.5) is 0 Å². The lowest BCUT2D eigenvalue weighted by atomic mass is 10.0. The minimum Gasteiger partial charge on any atom is -0.480 e. The number of benzene rings is 1. The van der Waals surface area contributed by atoms with Crippen molar-refractivity contribution in [3.8, 4) is 23.2 Å². The number of methoxy groups -OCH3 is 2. The summed E-state index contributed by atoms with van der Waals surface area (Å²) in [6.45, 7) is 0. The van der Waals surface area contributed by atoms with Crippen molar-refractivity contribution in [2.24, 2.45) is 0 Å². The third kappa shape index (κ3) is 5.88. The van der Waals surface area contributed by atoms with Gasteiger partial charge >= 0.3 is 6.01 Å². The highest BCUT2D eigenvalue weighted by atomic mass is 16.5. The van der Waals surface area contributed by atoms with Gasteiger partial charge in [0.1, 0.15) is 5.78 Å². The van der Waals surface area contributed by atoms with Gasteiger partial charge in [-0.2, -0.15) is 4.98 Å². The second-order valence-corrected chi connectivity index (χ2v) is 6.66. The maximum absolute atomic E-state index is 12.2. The quantitative estimate of drug-likeness (QED) is 0.452. The number of aryl methyl sites for hydroxylation is 1. The molecule has 0 aliphatic heterocycles. The second-order valence-electron chi connectivity index (χ2n) is 6.66. The molecule has 0 saturated carbocycles. The Bertz CT molecular complexity index is 925. The number of aromatic nitrogens is 3. The fraction of sp³-hybridized carbons (Fsp3) is 0.364. The summed E-state index contributed by atoms with van der Waals surface area (Å²) in [5.74, 6) is 1.28. The molecule has 7 heteroatoms. The van der Waals surface area contributed by atoms with Crippen molar-refractivity contribution in [3.63, 3.8) is 0 Å². The number of carbonyl (C=O) groups excluding carboxylic acids is 1. The molecule has 2 heterocycles. The lowest BCUT2D eigenvalue weighted by Gasteiger charge is -2.05. The van der Waals surface area contributed by atoms with E-state index in [1.54, 1.807) is 12.4 Å². The van der Waals surface area contributed by atoms with E-state index in [1.807, 2.05) is 6.07 Å². The van der Waals surface area contributed by atoms with E-state index >= 15 is 0 Å². The molecule has 0 saturated heterocycles. The van der Waals surface area contributed by atoms with Crippen LogP contribution in [-0.2, 0) is 17.6 Å². The number of ketones is 1. The molecule has 0 radical (unpaired) electrons. The average Bonchev–Trinajstić information content (AvgIpc) is 3.21. The largest absolute Gasteiger partial charge is 0.480 e. The van der Waals surface area contributed by atoms with Crippen LogP contribution in [-0.4, -0.2) is 35.0 Å². The summed E-state index contributed by atoms with van der Waals surface area (Å²) in [5, 5.41) is 0. The fourth-order valence-corrected chi connectivity index (χ4v) is 3.02. The van der Waals surface area contributed by atoms with Crippen molar-refractivity contribution in [3.05, 3.63) is 54.2 Å². The zero-order valence-corrected chi connectivity index (χ0v) is 16.8. The molecule has 0 amide bonds. The molecule has 0 atom stereocenters. The number of rotatable bonds is 11. The van der Waals surface area contributed by atoms with Crippen LogP contribution in [0.25, 0.3) is 11.3 Å². The summed E-state index contributed by atoms with van der Waals surface area (Å²) in [7, 11) is 2.98. The van der Waals surface area contributed by atoms with Gasteiger partial charge in [0.15, 0.2) is 5.76 Å². The van der Waals surface area contributed by atoms with Gasteiger partial charge in [0.25, 0.3) is 0 Å². The summed E-state index contributed by atoms with van der Waals surface area (Å²) in [6, 6.07) is 10.6. The number of carbonyl (C=O) groups is 1. The Morgan fingerprint density at radius 3 is 2.59 bits per heavy atom. The number of oxazole rings is 1. The molecule has 1 aromatic carbocycles. The van der Waals surface area contributed by atoms with Crippen LogP contribution >= 0.6 is 0 Å². The lowest BCUT2D eigenvalue weighted by Crippen LogP contribution is -2.02. The van der Waals surface area contributed by atoms with Gasteiger partial charge in [-0.15, -0.1) is 0 Å². The van der Waals surface area contributed by atoms with Crippen molar-refractivity contribution in [1.82, 2.24) is 15.0 Å². The summed E-state index contributed by atoms with van der Waals surface area (Å²) < 4.78 is 16.0. The van der Waals surface area contributed by atoms with E-state index in [0.717, 1.165) is 25.7 Å². The molecule has 29 heavy (non-hydrogen) atoms. The lowest BCUT2D eigenvalue weighted by molar-refractivity contribution is -0.118. The van der Waals surface area contributed by atoms with Crippen LogP contribution in [0.3, 0.4) is 0 Å². The van der Waals surface area contributed by atoms with Gasteiger partial charge in [0, 0.05) is 12.6 Å². The van der Waals surface area contributed by atoms with Crippen molar-refractivity contribution < 1.29 is 18.7 Å². The zero-order chi connectivity index (χ0) is 20.5. The molecular formula is C22H25N3O4. The van der Waals surface area contributed by atoms with Gasteiger partial charge in [0.2, 0.25) is 11.8 Å². The highest BCUT2D eigenvalue weighted by Gasteiger charge is 2.16. The topological polar surface area (TPSA) is 87.3 Å². The van der Waals surface area contributed by atoms with Crippen LogP contribution in [0.2, 0.25) is 0 Å². The number of ether oxygens (including phenoxy) is 2. The van der Waals surface area contributed by atoms with E-state index in [1.165, 1.54) is 19.8 Å². The molecule has 0 N–H and O–H groups in total. The molecule has 3 rings (SSSR count). The third-order valence-corrected chi connectivity index (χ3v) is 4.54. The van der Waals surface area contributed by atoms with E-state index in [0.29, 0.717) is 29.5 Å². The molecule has 0 fully saturated rings. The van der Waals surface area contributed by atoms with Crippen LogP contribution in [0.1, 0.15) is 37.1 Å². The van der Waals surface area contributed by atoms with Crippen LogP contribution < -0.4 is 9.47 Å². The highest BCUT2D eigenvalue weighted by molar-refractivity contribution is 5.80. The Balaban J connectivity index is 1.46. The molecule has 7 nitrogen and oxygen atoms in total. The van der Waals surface area contributed by atoms with E-state index in [9.17, 15) is 4.79 Å². The van der Waals surface area contributed by atoms with Crippen LogP contribution in [0.5, 0.6) is 11.9 Å². The summed E-state index contributed by atoms with van der Waals surface area (Å²) in [5.41, 5.74) is 1.89. The molecule has 0 bridgehead atoms. The van der Waals surface area contributed by atoms with Gasteiger partial charge in [-0.25, -0.2) is 9.97 Å². The zero-order valence-electron chi connectivity index (χ0n) is 16.8. The number of nitrogens with zero attached hydrogens (tertiary/aromatic N) is 3. The Hall–Kier alpha value is -3.22. The monoisotopic (exact) mass is 395 g/mol. The Labute approximate surface area is 170 Å². The van der Waals surface area contributed by atoms with Crippen LogP contribution in [0.15, 0.2) is 47.1 Å². The minimum absolute atomic E-state index is 0.121. The molecule has 152 valence electrons. The first-order valence-electron chi connectivity index (χ1n) is 9.65. The Morgan fingerprint density at radius 1 is 1.00 bits per heavy atom. The predicted octanol–water partition coefficient (Wildman–Crippen LogP) is 4.06. The molecule has 0 aliphatic rings. The molecule has 0 unspecified atom stereocenters. The van der Waals surface area contributed by atoms with E-state index in [-0.39, 0.29) is 18.2 Å². The first-order chi connectivity index (χ1) is 14.2. The standard InChI is InChI=1S/C22H25N3O4/c1-27-21-18(14-24-22(25-21)28-2)19-15-23-20(29-19)13-17(26)12-8-4-7-11-16-9-5-3-6-10-16/h3,5-6,9-10,14-15H,4,7-8,11-13H2,1-2H3. The highest BCUT2D eigenvalue weighted by Crippen LogP contribution is 2.29. The molecule has 0 spiro atoms. The van der Waals surface area contributed by atoms with Gasteiger partial charge in [0.05, 0.1) is 32.4 Å². The van der Waals surface area contributed by atoms with Gasteiger partial charge in [-0.1, -0.05) is 36.8 Å². The number of Topliss-reactive ketones (excluding diaryl/α,β-unsaturated/α-hetero) is 1. The molecule has 3 aromatic rings. The second kappa shape index (κ2) is 10.4. The minimum atomic E-state index is 0.121. The normalized spacial score (nSPS) is 10.7. The maximum atomic E-state index is 12.2. The fourth-order valence-electron chi connectivity index (χ4n) is 3.02. The molecular weight excluding hydrogens is 370 g/mol. The number of hydrogen-bond acceptors (Lipinski definition) is 7. The van der Waals surface area contributed by atoms with Crippen LogP contribution in [0, 0.1) is 0 Å². The smallest absolute Gasteiger partial charge is 0.319 e. The molecule has 0 aliphatic carbocycles. The maximum Gasteiger partial charge on any atom is 0.319 e. The van der Waals surface area contributed by atoms with E-state index in [4.69, 9.17) is 13.9 Å². The van der Waals surface area contributed by atoms with Gasteiger partial charge < -0.3 is 13.9 Å². The third-order valence-electron chi connectivity index (χ3n) is 4.54. The van der Waals surface area contributed by atoms with Gasteiger partial charge in [-0.05, 0) is 24.8 Å². The van der Waals surface area contributed by atoms with Crippen molar-refractivity contribution in [2.45, 2.75) is 38.5 Å². The molecule has 2 aromatic heterocycles. The van der Waals surface area contributed by atoms with E-state index in [2.05, 4.69) is 39.2 Å². The Kier molecular flexibility index (Phi) is 7.33. The van der Waals surface area contributed by atoms with Crippen molar-refractivity contribution >= 4 is 5.78 Å². The van der Waals surface area contributed by atoms with Gasteiger partial charge in [-0.3, -0.25) is 4.79 Å². The SMILES string of the molecule is COc1ncc(-c2cnc(CC(=O)CCCCCc3ccccc3)o2)c(OC)n1. The summed E-state index contributed by atoms with van der Waals surface area (Å²) >= 11 is 0. The Morgan fingerprint density at radius 2 is 1.83 bits per heavy atom. The first kappa shape index (κ1) is 20.5. The number of unbranched alkanes of at least 4 members (excludes halogenated alkanes) is 2. The number of hydrogen-bond donors (Lipinski definition) is 0.